The lowest BCUT2D eigenvalue weighted by Crippen LogP contribution is -2.19. The number of fused-ring (bicyclic) bond motifs is 1. The first-order valence-electron chi connectivity index (χ1n) is 5.27. The van der Waals surface area contributed by atoms with Gasteiger partial charge in [0, 0.05) is 18.0 Å². The molecular formula is C13H10N2OS. The number of hydrogen-bond acceptors (Lipinski definition) is 3. The Morgan fingerprint density at radius 2 is 1.94 bits per heavy atom. The van der Waals surface area contributed by atoms with E-state index < -0.39 is 0 Å². The highest BCUT2D eigenvalue weighted by Crippen LogP contribution is 2.27. The van der Waals surface area contributed by atoms with Crippen LogP contribution < -0.4 is 5.56 Å². The molecule has 0 unspecified atom stereocenters. The van der Waals surface area contributed by atoms with Crippen LogP contribution in [0.4, 0.5) is 0 Å². The Kier molecular flexibility index (Phi) is 2.30. The molecule has 4 heteroatoms. The Balaban J connectivity index is 2.42. The zero-order valence-corrected chi connectivity index (χ0v) is 10.1. The summed E-state index contributed by atoms with van der Waals surface area (Å²) in [6, 6.07) is 11.9. The van der Waals surface area contributed by atoms with Gasteiger partial charge in [-0.05, 0) is 11.4 Å². The number of aryl methyl sites for hydroxylation is 1. The minimum Gasteiger partial charge on any atom is -0.266 e. The molecule has 1 aromatic carbocycles. The average Bonchev–Trinajstić information content (AvgIpc) is 2.84. The lowest BCUT2D eigenvalue weighted by molar-refractivity contribution is 0.724. The fraction of sp³-hybridized carbons (Fsp3) is 0.0769. The van der Waals surface area contributed by atoms with Crippen molar-refractivity contribution < 1.29 is 0 Å². The van der Waals surface area contributed by atoms with Gasteiger partial charge >= 0.3 is 0 Å². The summed E-state index contributed by atoms with van der Waals surface area (Å²) in [6.07, 6.45) is 0. The molecule has 0 bridgehead atoms. The van der Waals surface area contributed by atoms with Gasteiger partial charge in [-0.15, -0.1) is 11.3 Å². The molecule has 0 N–H and O–H groups in total. The number of hydrogen-bond donors (Lipinski definition) is 0. The standard InChI is InChI=1S/C13H10N2OS/c1-15-13(16)12-10(7-8-17-12)11(14-15)9-5-3-2-4-6-9/h2-8H,1H3. The van der Waals surface area contributed by atoms with E-state index in [2.05, 4.69) is 5.10 Å². The third kappa shape index (κ3) is 1.57. The molecule has 0 atom stereocenters. The molecule has 0 radical (unpaired) electrons. The number of rotatable bonds is 1. The van der Waals surface area contributed by atoms with Crippen molar-refractivity contribution in [2.24, 2.45) is 7.05 Å². The minimum atomic E-state index is -0.0327. The number of benzene rings is 1. The molecule has 0 saturated heterocycles. The maximum absolute atomic E-state index is 11.9. The Morgan fingerprint density at radius 3 is 2.71 bits per heavy atom. The first-order valence-corrected chi connectivity index (χ1v) is 6.15. The molecule has 3 rings (SSSR count). The van der Waals surface area contributed by atoms with Crippen LogP contribution in [0.25, 0.3) is 21.3 Å². The highest BCUT2D eigenvalue weighted by atomic mass is 32.1. The second kappa shape index (κ2) is 3.82. The summed E-state index contributed by atoms with van der Waals surface area (Å²) < 4.78 is 2.17. The van der Waals surface area contributed by atoms with Gasteiger partial charge in [0.05, 0.1) is 5.69 Å². The molecule has 3 nitrogen and oxygen atoms in total. The van der Waals surface area contributed by atoms with Gasteiger partial charge in [-0.25, -0.2) is 4.68 Å². The average molecular weight is 242 g/mol. The summed E-state index contributed by atoms with van der Waals surface area (Å²) in [5.41, 5.74) is 1.87. The van der Waals surface area contributed by atoms with E-state index in [9.17, 15) is 4.79 Å². The number of nitrogens with zero attached hydrogens (tertiary/aromatic N) is 2. The fourth-order valence-corrected chi connectivity index (χ4v) is 2.73. The quantitative estimate of drug-likeness (QED) is 0.657. The predicted molar refractivity (Wildman–Crippen MR) is 70.3 cm³/mol. The molecule has 0 fully saturated rings. The van der Waals surface area contributed by atoms with Crippen molar-refractivity contribution in [3.63, 3.8) is 0 Å². The summed E-state index contributed by atoms with van der Waals surface area (Å²) in [7, 11) is 1.69. The second-order valence-corrected chi connectivity index (χ2v) is 4.72. The monoisotopic (exact) mass is 242 g/mol. The fourth-order valence-electron chi connectivity index (χ4n) is 1.87. The summed E-state index contributed by atoms with van der Waals surface area (Å²) in [5.74, 6) is 0. The Hall–Kier alpha value is -1.94. The van der Waals surface area contributed by atoms with Gasteiger partial charge in [-0.3, -0.25) is 4.79 Å². The van der Waals surface area contributed by atoms with Crippen molar-refractivity contribution in [2.45, 2.75) is 0 Å². The summed E-state index contributed by atoms with van der Waals surface area (Å²) >= 11 is 1.46. The van der Waals surface area contributed by atoms with Crippen LogP contribution in [0.3, 0.4) is 0 Å². The maximum Gasteiger partial charge on any atom is 0.284 e. The molecular weight excluding hydrogens is 232 g/mol. The van der Waals surface area contributed by atoms with E-state index in [1.165, 1.54) is 16.0 Å². The largest absolute Gasteiger partial charge is 0.284 e. The van der Waals surface area contributed by atoms with E-state index in [1.54, 1.807) is 7.05 Å². The Labute approximate surface area is 102 Å². The smallest absolute Gasteiger partial charge is 0.266 e. The maximum atomic E-state index is 11.9. The molecule has 0 aliphatic rings. The van der Waals surface area contributed by atoms with Crippen LogP contribution in [0, 0.1) is 0 Å². The van der Waals surface area contributed by atoms with E-state index in [-0.39, 0.29) is 5.56 Å². The first kappa shape index (κ1) is 10.2. The SMILES string of the molecule is Cn1nc(-c2ccccc2)c2ccsc2c1=O. The molecule has 84 valence electrons. The number of thiophene rings is 1. The Bertz CT molecular complexity index is 728. The van der Waals surface area contributed by atoms with Crippen molar-refractivity contribution in [1.82, 2.24) is 9.78 Å². The van der Waals surface area contributed by atoms with E-state index in [0.29, 0.717) is 0 Å². The van der Waals surface area contributed by atoms with Crippen molar-refractivity contribution >= 4 is 21.4 Å². The molecule has 2 aromatic heterocycles. The van der Waals surface area contributed by atoms with E-state index >= 15 is 0 Å². The molecule has 0 amide bonds. The van der Waals surface area contributed by atoms with Gasteiger partial charge in [0.15, 0.2) is 0 Å². The van der Waals surface area contributed by atoms with E-state index in [4.69, 9.17) is 0 Å². The van der Waals surface area contributed by atoms with Crippen molar-refractivity contribution in [3.8, 4) is 11.3 Å². The lowest BCUT2D eigenvalue weighted by atomic mass is 10.1. The molecule has 0 saturated carbocycles. The minimum absolute atomic E-state index is 0.0327. The van der Waals surface area contributed by atoms with Crippen LogP contribution in [0.2, 0.25) is 0 Å². The van der Waals surface area contributed by atoms with Gasteiger partial charge in [0.1, 0.15) is 4.70 Å². The topological polar surface area (TPSA) is 34.9 Å². The van der Waals surface area contributed by atoms with Gasteiger partial charge in [-0.2, -0.15) is 5.10 Å². The van der Waals surface area contributed by atoms with Gasteiger partial charge < -0.3 is 0 Å². The van der Waals surface area contributed by atoms with Crippen molar-refractivity contribution in [2.75, 3.05) is 0 Å². The normalized spacial score (nSPS) is 10.9. The van der Waals surface area contributed by atoms with Crippen LogP contribution in [0.1, 0.15) is 0 Å². The van der Waals surface area contributed by atoms with Crippen LogP contribution in [0.5, 0.6) is 0 Å². The summed E-state index contributed by atoms with van der Waals surface area (Å²) in [5, 5.41) is 7.22. The highest BCUT2D eigenvalue weighted by molar-refractivity contribution is 7.17. The van der Waals surface area contributed by atoms with Crippen molar-refractivity contribution in [1.29, 1.82) is 0 Å². The van der Waals surface area contributed by atoms with E-state index in [1.807, 2.05) is 41.8 Å². The van der Waals surface area contributed by atoms with Gasteiger partial charge in [0.25, 0.3) is 5.56 Å². The van der Waals surface area contributed by atoms with Gasteiger partial charge in [-0.1, -0.05) is 30.3 Å². The second-order valence-electron chi connectivity index (χ2n) is 3.81. The zero-order chi connectivity index (χ0) is 11.8. The third-order valence-corrected chi connectivity index (χ3v) is 3.61. The summed E-state index contributed by atoms with van der Waals surface area (Å²) in [6.45, 7) is 0. The predicted octanol–water partition coefficient (Wildman–Crippen LogP) is 2.66. The van der Waals surface area contributed by atoms with Crippen LogP contribution in [0.15, 0.2) is 46.6 Å². The molecule has 0 aliphatic heterocycles. The molecule has 3 aromatic rings. The summed E-state index contributed by atoms with van der Waals surface area (Å²) in [4.78, 5) is 11.9. The van der Waals surface area contributed by atoms with Gasteiger partial charge in [0.2, 0.25) is 0 Å². The van der Waals surface area contributed by atoms with Crippen molar-refractivity contribution in [3.05, 3.63) is 52.1 Å². The molecule has 0 spiro atoms. The van der Waals surface area contributed by atoms with Crippen LogP contribution in [-0.4, -0.2) is 9.78 Å². The lowest BCUT2D eigenvalue weighted by Gasteiger charge is -2.04. The zero-order valence-electron chi connectivity index (χ0n) is 9.25. The van der Waals surface area contributed by atoms with Crippen LogP contribution >= 0.6 is 11.3 Å². The van der Waals surface area contributed by atoms with Crippen LogP contribution in [-0.2, 0) is 7.05 Å². The molecule has 17 heavy (non-hydrogen) atoms. The first-order chi connectivity index (χ1) is 8.27. The third-order valence-electron chi connectivity index (χ3n) is 2.71. The molecule has 0 aliphatic carbocycles. The number of aromatic nitrogens is 2. The highest BCUT2D eigenvalue weighted by Gasteiger charge is 2.10. The molecule has 2 heterocycles. The van der Waals surface area contributed by atoms with E-state index in [0.717, 1.165) is 21.3 Å². The Morgan fingerprint density at radius 1 is 1.18 bits per heavy atom.